The number of ether oxygens (including phenoxy) is 1. The number of pyridine rings is 1. The highest BCUT2D eigenvalue weighted by Gasteiger charge is 2.39. The molecule has 0 amide bonds. The maximum Gasteiger partial charge on any atom is 0.451 e. The van der Waals surface area contributed by atoms with Gasteiger partial charge in [0, 0.05) is 61.9 Å². The van der Waals surface area contributed by atoms with E-state index >= 15 is 0 Å². The zero-order valence-electron chi connectivity index (χ0n) is 28.2. The summed E-state index contributed by atoms with van der Waals surface area (Å²) in [6.07, 6.45) is -0.779. The van der Waals surface area contributed by atoms with Crippen molar-refractivity contribution < 1.29 is 22.7 Å². The summed E-state index contributed by atoms with van der Waals surface area (Å²) in [6, 6.07) is 12.5. The molecule has 3 aromatic heterocycles. The third-order valence-electron chi connectivity index (χ3n) is 9.81. The lowest BCUT2D eigenvalue weighted by Crippen LogP contribution is -2.48. The van der Waals surface area contributed by atoms with Gasteiger partial charge in [0.25, 0.3) is 5.56 Å². The van der Waals surface area contributed by atoms with E-state index in [1.807, 2.05) is 12.1 Å². The Labute approximate surface area is 305 Å². The molecule has 2 aliphatic rings. The van der Waals surface area contributed by atoms with Crippen LogP contribution in [-0.2, 0) is 31.5 Å². The van der Waals surface area contributed by atoms with Crippen LogP contribution in [0.15, 0.2) is 52.1 Å². The molecule has 5 aromatic rings. The molecule has 0 unspecified atom stereocenters. The van der Waals surface area contributed by atoms with E-state index in [0.29, 0.717) is 45.6 Å². The quantitative estimate of drug-likeness (QED) is 0.163. The van der Waals surface area contributed by atoms with Crippen LogP contribution in [0.3, 0.4) is 0 Å². The summed E-state index contributed by atoms with van der Waals surface area (Å²) in [7, 11) is 4.01. The zero-order chi connectivity index (χ0) is 37.1. The van der Waals surface area contributed by atoms with Gasteiger partial charge in [-0.05, 0) is 42.9 Å². The summed E-state index contributed by atoms with van der Waals surface area (Å²) in [6.45, 7) is 1.86. The molecule has 4 heterocycles. The standard InChI is InChI=1S/C36H32Cl2F3N7O4/c1-46-31-27(33(50)47(2)35(46)51)30(44-34(45-31)36(39,40)41)42-23-11-5-9-21(29(23)38)20-8-4-10-22(28(20)37)24-15-19-12-13-25(26(19)32(43-24)52-3)48-16-18(17-48)7-6-14-49/h4-5,8-11,14-15,18,25H,6-7,12-13,16-17H2,1-3H3,(H,42,44,45)/t25-/m0/s1. The van der Waals surface area contributed by atoms with E-state index in [1.165, 1.54) is 20.2 Å². The molecule has 1 fully saturated rings. The molecule has 0 bridgehead atoms. The highest BCUT2D eigenvalue weighted by Crippen LogP contribution is 2.47. The van der Waals surface area contributed by atoms with E-state index in [-0.39, 0.29) is 22.1 Å². The van der Waals surface area contributed by atoms with Crippen LogP contribution in [-0.4, -0.2) is 55.5 Å². The average molecular weight is 755 g/mol. The topological polar surface area (TPSA) is 124 Å². The number of carbonyl (C=O) groups excluding carboxylic acids is 1. The fourth-order valence-corrected chi connectivity index (χ4v) is 7.77. The molecule has 1 atom stereocenters. The second kappa shape index (κ2) is 13.6. The molecule has 0 saturated carbocycles. The smallest absolute Gasteiger partial charge is 0.451 e. The van der Waals surface area contributed by atoms with Crippen molar-refractivity contribution in [3.8, 4) is 28.3 Å². The summed E-state index contributed by atoms with van der Waals surface area (Å²) in [4.78, 5) is 51.0. The van der Waals surface area contributed by atoms with Crippen LogP contribution >= 0.6 is 23.2 Å². The van der Waals surface area contributed by atoms with E-state index in [4.69, 9.17) is 32.9 Å². The van der Waals surface area contributed by atoms with Crippen LogP contribution in [0.5, 0.6) is 5.88 Å². The number of rotatable bonds is 9. The number of hydrogen-bond acceptors (Lipinski definition) is 9. The first kappa shape index (κ1) is 35.6. The Hall–Kier alpha value is -4.79. The number of nitrogens with one attached hydrogen (secondary N) is 1. The fourth-order valence-electron chi connectivity index (χ4n) is 7.17. The molecule has 0 spiro atoms. The Morgan fingerprint density at radius 1 is 0.981 bits per heavy atom. The van der Waals surface area contributed by atoms with E-state index in [0.717, 1.165) is 58.9 Å². The molecule has 1 aliphatic carbocycles. The monoisotopic (exact) mass is 753 g/mol. The Bertz CT molecular complexity index is 2370. The number of likely N-dealkylation sites (tertiary alicyclic amines) is 1. The van der Waals surface area contributed by atoms with Gasteiger partial charge in [0.2, 0.25) is 11.7 Å². The SMILES string of the molecule is COc1nc(-c2cccc(-c3cccc(Nc4nc(C(F)(F)F)nc5c4c(=O)n(C)c(=O)n5C)c3Cl)c2Cl)cc2c1[C@@H](N1CC(CCC=O)C1)CC2. The van der Waals surface area contributed by atoms with Crippen LogP contribution in [0.2, 0.25) is 10.0 Å². The largest absolute Gasteiger partial charge is 0.481 e. The number of aryl methyl sites for hydroxylation is 2. The van der Waals surface area contributed by atoms with Crippen molar-refractivity contribution in [3.63, 3.8) is 0 Å². The number of nitrogens with zero attached hydrogens (tertiary/aromatic N) is 6. The molecule has 16 heteroatoms. The van der Waals surface area contributed by atoms with Gasteiger partial charge in [0.05, 0.1) is 28.5 Å². The predicted octanol–water partition coefficient (Wildman–Crippen LogP) is 6.73. The number of carbonyl (C=O) groups is 1. The average Bonchev–Trinajstić information content (AvgIpc) is 3.53. The third-order valence-corrected chi connectivity index (χ3v) is 10.6. The van der Waals surface area contributed by atoms with Crippen molar-refractivity contribution in [2.45, 2.75) is 37.9 Å². The minimum atomic E-state index is -4.98. The molecule has 2 aromatic carbocycles. The van der Waals surface area contributed by atoms with E-state index in [9.17, 15) is 27.6 Å². The number of benzene rings is 2. The van der Waals surface area contributed by atoms with Crippen molar-refractivity contribution in [2.75, 3.05) is 25.5 Å². The lowest BCUT2D eigenvalue weighted by atomic mass is 9.91. The van der Waals surface area contributed by atoms with Crippen LogP contribution in [0.4, 0.5) is 24.7 Å². The number of methoxy groups -OCH3 is 1. The van der Waals surface area contributed by atoms with Crippen LogP contribution in [0.25, 0.3) is 33.4 Å². The van der Waals surface area contributed by atoms with Crippen LogP contribution in [0, 0.1) is 5.92 Å². The summed E-state index contributed by atoms with van der Waals surface area (Å²) in [5, 5.41) is 2.89. The van der Waals surface area contributed by atoms with Crippen LogP contribution < -0.4 is 21.3 Å². The van der Waals surface area contributed by atoms with Crippen molar-refractivity contribution in [1.82, 2.24) is 29.0 Å². The van der Waals surface area contributed by atoms with Gasteiger partial charge >= 0.3 is 11.9 Å². The van der Waals surface area contributed by atoms with Gasteiger partial charge in [-0.2, -0.15) is 13.2 Å². The second-order valence-corrected chi connectivity index (χ2v) is 13.7. The fraction of sp³-hybridized carbons (Fsp3) is 0.333. The summed E-state index contributed by atoms with van der Waals surface area (Å²) < 4.78 is 49.1. The number of alkyl halides is 3. The number of hydrogen-bond donors (Lipinski definition) is 1. The summed E-state index contributed by atoms with van der Waals surface area (Å²) in [5.74, 6) is -0.985. The van der Waals surface area contributed by atoms with Gasteiger partial charge in [-0.1, -0.05) is 53.5 Å². The first-order chi connectivity index (χ1) is 24.8. The first-order valence-corrected chi connectivity index (χ1v) is 17.2. The molecular formula is C36H32Cl2F3N7O4. The minimum Gasteiger partial charge on any atom is -0.481 e. The Morgan fingerprint density at radius 2 is 1.67 bits per heavy atom. The highest BCUT2D eigenvalue weighted by atomic mass is 35.5. The Morgan fingerprint density at radius 3 is 2.37 bits per heavy atom. The lowest BCUT2D eigenvalue weighted by molar-refractivity contribution is -0.144. The molecule has 1 aliphatic heterocycles. The highest BCUT2D eigenvalue weighted by molar-refractivity contribution is 6.39. The summed E-state index contributed by atoms with van der Waals surface area (Å²) in [5.41, 5.74) is 2.29. The number of halogens is 5. The number of aromatic nitrogens is 5. The maximum atomic E-state index is 13.9. The second-order valence-electron chi connectivity index (χ2n) is 13.0. The van der Waals surface area contributed by atoms with Gasteiger partial charge in [-0.15, -0.1) is 0 Å². The molecule has 7 rings (SSSR count). The Balaban J connectivity index is 1.25. The molecule has 1 N–H and O–H groups in total. The molecule has 1 saturated heterocycles. The van der Waals surface area contributed by atoms with Crippen molar-refractivity contribution in [2.24, 2.45) is 20.0 Å². The molecule has 11 nitrogen and oxygen atoms in total. The van der Waals surface area contributed by atoms with E-state index in [1.54, 1.807) is 31.4 Å². The van der Waals surface area contributed by atoms with Crippen LogP contribution in [0.1, 0.15) is 42.3 Å². The molecule has 52 heavy (non-hydrogen) atoms. The van der Waals surface area contributed by atoms with Gasteiger partial charge in [-0.25, -0.2) is 19.7 Å². The maximum absolute atomic E-state index is 13.9. The molecular weight excluding hydrogens is 722 g/mol. The molecule has 0 radical (unpaired) electrons. The normalized spacial score (nSPS) is 16.2. The van der Waals surface area contributed by atoms with Crippen molar-refractivity contribution in [3.05, 3.63) is 90.3 Å². The van der Waals surface area contributed by atoms with E-state index < -0.39 is 34.7 Å². The lowest BCUT2D eigenvalue weighted by Gasteiger charge is -2.43. The van der Waals surface area contributed by atoms with E-state index in [2.05, 4.69) is 20.2 Å². The van der Waals surface area contributed by atoms with Crippen molar-refractivity contribution in [1.29, 1.82) is 0 Å². The minimum absolute atomic E-state index is 0.0897. The molecule has 270 valence electrons. The number of anilines is 2. The van der Waals surface area contributed by atoms with Gasteiger partial charge < -0.3 is 14.8 Å². The van der Waals surface area contributed by atoms with Gasteiger partial charge in [-0.3, -0.25) is 18.8 Å². The number of fused-ring (bicyclic) bond motifs is 2. The number of aldehydes is 1. The zero-order valence-corrected chi connectivity index (χ0v) is 29.7. The predicted molar refractivity (Wildman–Crippen MR) is 191 cm³/mol. The van der Waals surface area contributed by atoms with Gasteiger partial charge in [0.15, 0.2) is 5.65 Å². The Kier molecular flexibility index (Phi) is 9.34. The first-order valence-electron chi connectivity index (χ1n) is 16.5. The van der Waals surface area contributed by atoms with Gasteiger partial charge in [0.1, 0.15) is 17.5 Å². The van der Waals surface area contributed by atoms with Crippen molar-refractivity contribution >= 4 is 52.0 Å². The third kappa shape index (κ3) is 6.11. The summed E-state index contributed by atoms with van der Waals surface area (Å²) >= 11 is 14.0.